The lowest BCUT2D eigenvalue weighted by molar-refractivity contribution is -0.387. The average molecular weight is 463 g/mol. The number of carbonyl (C=O) groups excluding carboxylic acids is 2. The Hall–Kier alpha value is -4.06. The van der Waals surface area contributed by atoms with Gasteiger partial charge in [0.15, 0.2) is 0 Å². The van der Waals surface area contributed by atoms with Crippen molar-refractivity contribution in [1.29, 1.82) is 0 Å². The molecule has 0 saturated heterocycles. The van der Waals surface area contributed by atoms with E-state index in [1.165, 1.54) is 6.92 Å². The molecule has 3 atom stereocenters. The van der Waals surface area contributed by atoms with Crippen LogP contribution in [0, 0.1) is 15.9 Å². The Morgan fingerprint density at radius 3 is 2.36 bits per heavy atom. The number of carboxylic acids is 1. The predicted molar refractivity (Wildman–Crippen MR) is 112 cm³/mol. The summed E-state index contributed by atoms with van der Waals surface area (Å²) in [6.45, 7) is 1.11. The van der Waals surface area contributed by atoms with Crippen molar-refractivity contribution in [2.24, 2.45) is 0 Å². The largest absolute Gasteiger partial charge is 0.480 e. The lowest BCUT2D eigenvalue weighted by atomic mass is 10.0. The van der Waals surface area contributed by atoms with E-state index in [2.05, 4.69) is 10.6 Å². The van der Waals surface area contributed by atoms with Crippen LogP contribution in [0.1, 0.15) is 18.1 Å². The number of hydrogen-bond donors (Lipinski definition) is 4. The van der Waals surface area contributed by atoms with Crippen LogP contribution >= 0.6 is 0 Å². The highest BCUT2D eigenvalue weighted by atomic mass is 19.1. The van der Waals surface area contributed by atoms with Crippen molar-refractivity contribution in [3.05, 3.63) is 75.6 Å². The zero-order valence-electron chi connectivity index (χ0n) is 17.4. The molecule has 0 heterocycles. The number of nitrogens with zero attached hydrogens (tertiary/aromatic N) is 1. The van der Waals surface area contributed by atoms with E-state index in [-0.39, 0.29) is 12.2 Å². The zero-order chi connectivity index (χ0) is 24.5. The molecule has 0 aliphatic heterocycles. The van der Waals surface area contributed by atoms with Gasteiger partial charge in [-0.15, -0.1) is 0 Å². The third kappa shape index (κ3) is 7.54. The maximum absolute atomic E-state index is 13.5. The fourth-order valence-corrected chi connectivity index (χ4v) is 2.82. The number of alkyl carbamates (subject to hydrolysis) is 1. The van der Waals surface area contributed by atoms with Gasteiger partial charge in [0.1, 0.15) is 18.7 Å². The Bertz CT molecular complexity index is 1020. The Morgan fingerprint density at radius 2 is 1.79 bits per heavy atom. The number of benzene rings is 2. The molecular weight excluding hydrogens is 441 g/mol. The van der Waals surface area contributed by atoms with Gasteiger partial charge in [-0.2, -0.15) is 4.39 Å². The molecule has 0 radical (unpaired) electrons. The smallest absolute Gasteiger partial charge is 0.408 e. The van der Waals surface area contributed by atoms with Crippen molar-refractivity contribution in [3.8, 4) is 0 Å². The molecule has 0 spiro atoms. The summed E-state index contributed by atoms with van der Waals surface area (Å²) in [4.78, 5) is 46.1. The maximum atomic E-state index is 13.5. The second kappa shape index (κ2) is 11.5. The van der Waals surface area contributed by atoms with Gasteiger partial charge in [0.25, 0.3) is 0 Å². The van der Waals surface area contributed by atoms with Gasteiger partial charge in [0, 0.05) is 12.5 Å². The molecule has 2 aromatic carbocycles. The number of amides is 2. The summed E-state index contributed by atoms with van der Waals surface area (Å²) in [7, 11) is 0. The van der Waals surface area contributed by atoms with Crippen molar-refractivity contribution >= 4 is 23.7 Å². The summed E-state index contributed by atoms with van der Waals surface area (Å²) in [5.74, 6) is -3.59. The molecule has 0 aliphatic rings. The molecule has 4 N–H and O–H groups in total. The highest BCUT2D eigenvalue weighted by Crippen LogP contribution is 2.19. The molecule has 0 fully saturated rings. The Balaban J connectivity index is 2.05. The van der Waals surface area contributed by atoms with Crippen LogP contribution in [0.15, 0.2) is 48.5 Å². The van der Waals surface area contributed by atoms with Gasteiger partial charge in [0.2, 0.25) is 11.7 Å². The zero-order valence-corrected chi connectivity index (χ0v) is 17.4. The monoisotopic (exact) mass is 463 g/mol. The number of carboxylic acid groups (broad SMARTS) is 1. The third-order valence-electron chi connectivity index (χ3n) is 4.51. The SMILES string of the molecule is C[C@@H](O)[C@H](NC(=O)OCc1ccccc1)C(=O)N[C@@H](Cc1ccc(F)c([N+](=O)[O-])c1)C(=O)O. The number of aliphatic carboxylic acids is 1. The third-order valence-corrected chi connectivity index (χ3v) is 4.51. The quantitative estimate of drug-likeness (QED) is 0.304. The fourth-order valence-electron chi connectivity index (χ4n) is 2.82. The standard InChI is InChI=1S/C21H22FN3O8/c1-12(26)18(24-21(30)33-11-13-5-3-2-4-6-13)19(27)23-16(20(28)29)9-14-7-8-15(22)17(10-14)25(31)32/h2-8,10,12,16,18,26H,9,11H2,1H3,(H,23,27)(H,24,30)(H,28,29)/t12-,16+,18+/m1/s1. The van der Waals surface area contributed by atoms with Crippen LogP contribution in [-0.4, -0.2) is 51.3 Å². The molecule has 2 aromatic rings. The Kier molecular flexibility index (Phi) is 8.80. The van der Waals surface area contributed by atoms with Crippen LogP contribution in [0.3, 0.4) is 0 Å². The Labute approximate surface area is 187 Å². The van der Waals surface area contributed by atoms with Gasteiger partial charge < -0.3 is 25.6 Å². The van der Waals surface area contributed by atoms with Crippen LogP contribution in [0.5, 0.6) is 0 Å². The number of nitro benzene ring substituents is 1. The lowest BCUT2D eigenvalue weighted by Crippen LogP contribution is -2.56. The van der Waals surface area contributed by atoms with Gasteiger partial charge in [-0.1, -0.05) is 36.4 Å². The van der Waals surface area contributed by atoms with Crippen molar-refractivity contribution in [2.45, 2.75) is 38.1 Å². The molecule has 11 nitrogen and oxygen atoms in total. The second-order valence-corrected chi connectivity index (χ2v) is 7.07. The topological polar surface area (TPSA) is 168 Å². The van der Waals surface area contributed by atoms with Crippen LogP contribution in [0.4, 0.5) is 14.9 Å². The molecule has 0 saturated carbocycles. The number of aliphatic hydroxyl groups is 1. The van der Waals surface area contributed by atoms with E-state index >= 15 is 0 Å². The molecule has 176 valence electrons. The number of ether oxygens (including phenoxy) is 1. The normalized spacial score (nSPS) is 13.3. The second-order valence-electron chi connectivity index (χ2n) is 7.07. The number of halogens is 1. The highest BCUT2D eigenvalue weighted by molar-refractivity contribution is 5.89. The van der Waals surface area contributed by atoms with Gasteiger partial charge >= 0.3 is 17.7 Å². The maximum Gasteiger partial charge on any atom is 0.408 e. The predicted octanol–water partition coefficient (Wildman–Crippen LogP) is 1.52. The summed E-state index contributed by atoms with van der Waals surface area (Å²) in [5, 5.41) is 34.5. The minimum Gasteiger partial charge on any atom is -0.480 e. The van der Waals surface area contributed by atoms with E-state index in [0.717, 1.165) is 18.2 Å². The number of carbonyl (C=O) groups is 3. The molecule has 0 bridgehead atoms. The van der Waals surface area contributed by atoms with Crippen molar-refractivity contribution in [1.82, 2.24) is 10.6 Å². The Morgan fingerprint density at radius 1 is 1.12 bits per heavy atom. The minimum atomic E-state index is -1.58. The molecule has 0 unspecified atom stereocenters. The van der Waals surface area contributed by atoms with Crippen LogP contribution in [0.25, 0.3) is 0 Å². The highest BCUT2D eigenvalue weighted by Gasteiger charge is 2.30. The van der Waals surface area contributed by atoms with Crippen LogP contribution in [-0.2, 0) is 27.4 Å². The van der Waals surface area contributed by atoms with Crippen molar-refractivity contribution in [2.75, 3.05) is 0 Å². The summed E-state index contributed by atoms with van der Waals surface area (Å²) in [6.07, 6.45) is -2.83. The summed E-state index contributed by atoms with van der Waals surface area (Å²) >= 11 is 0. The van der Waals surface area contributed by atoms with Gasteiger partial charge in [-0.25, -0.2) is 9.59 Å². The first-order valence-corrected chi connectivity index (χ1v) is 9.69. The minimum absolute atomic E-state index is 0.0830. The molecule has 0 aliphatic carbocycles. The van der Waals surface area contributed by atoms with E-state index in [1.807, 2.05) is 0 Å². The van der Waals surface area contributed by atoms with E-state index in [1.54, 1.807) is 30.3 Å². The van der Waals surface area contributed by atoms with Gasteiger partial charge in [-0.3, -0.25) is 14.9 Å². The lowest BCUT2D eigenvalue weighted by Gasteiger charge is -2.23. The van der Waals surface area contributed by atoms with E-state index < -0.39 is 59.0 Å². The van der Waals surface area contributed by atoms with Crippen molar-refractivity contribution < 1.29 is 38.6 Å². The molecule has 2 rings (SSSR count). The van der Waals surface area contributed by atoms with Gasteiger partial charge in [-0.05, 0) is 24.1 Å². The molecule has 12 heteroatoms. The molecule has 2 amide bonds. The van der Waals surface area contributed by atoms with E-state index in [9.17, 15) is 39.1 Å². The summed E-state index contributed by atoms with van der Waals surface area (Å²) in [5.41, 5.74) is -0.0719. The van der Waals surface area contributed by atoms with E-state index in [0.29, 0.717) is 5.56 Å². The molecule has 33 heavy (non-hydrogen) atoms. The van der Waals surface area contributed by atoms with Gasteiger partial charge in [0.05, 0.1) is 11.0 Å². The average Bonchev–Trinajstić information content (AvgIpc) is 2.76. The number of nitrogens with one attached hydrogen (secondary N) is 2. The number of nitro groups is 1. The van der Waals surface area contributed by atoms with E-state index in [4.69, 9.17) is 4.74 Å². The van der Waals surface area contributed by atoms with Crippen molar-refractivity contribution in [3.63, 3.8) is 0 Å². The first-order chi connectivity index (χ1) is 15.6. The number of hydrogen-bond acceptors (Lipinski definition) is 7. The van der Waals surface area contributed by atoms with Crippen LogP contribution < -0.4 is 10.6 Å². The van der Waals surface area contributed by atoms with Crippen LogP contribution in [0.2, 0.25) is 0 Å². The summed E-state index contributed by atoms with van der Waals surface area (Å²) in [6, 6.07) is 8.39. The summed E-state index contributed by atoms with van der Waals surface area (Å²) < 4.78 is 18.5. The molecule has 0 aromatic heterocycles. The molecular formula is C21H22FN3O8. The first kappa shape index (κ1) is 25.2. The number of aliphatic hydroxyl groups excluding tert-OH is 1. The first-order valence-electron chi connectivity index (χ1n) is 9.69. The number of rotatable bonds is 10. The fraction of sp³-hybridized carbons (Fsp3) is 0.286.